The number of hydrogen-bond donors (Lipinski definition) is 9. The van der Waals surface area contributed by atoms with Crippen LogP contribution in [-0.2, 0) is 43.2 Å². The molecule has 1 saturated carbocycles. The number of aliphatic carboxylic acids is 6. The molecular weight excluding hydrogens is 1120 g/mol. The van der Waals surface area contributed by atoms with E-state index in [9.17, 15) is 43.2 Å². The van der Waals surface area contributed by atoms with Crippen LogP contribution in [0.4, 0.5) is 0 Å². The molecule has 0 radical (unpaired) electrons. The molecule has 0 aliphatic heterocycles. The molecule has 1 aliphatic rings. The summed E-state index contributed by atoms with van der Waals surface area (Å²) in [5.41, 5.74) is -3.03. The van der Waals surface area contributed by atoms with Crippen molar-refractivity contribution in [2.75, 3.05) is 78.5 Å². The molecule has 0 aromatic rings. The normalized spacial score (nSPS) is 17.6. The molecule has 0 heterocycles. The largest absolute Gasteiger partial charge is 0.481 e. The lowest BCUT2D eigenvalue weighted by Gasteiger charge is -2.50. The average Bonchev–Trinajstić information content (AvgIpc) is 0.854. The predicted molar refractivity (Wildman–Crippen MR) is 339 cm³/mol. The van der Waals surface area contributed by atoms with Gasteiger partial charge in [-0.3, -0.25) is 43.2 Å². The van der Waals surface area contributed by atoms with Crippen LogP contribution in [0.2, 0.25) is 0 Å². The van der Waals surface area contributed by atoms with Crippen LogP contribution in [0.15, 0.2) is 0 Å². The molecule has 1 fully saturated rings. The number of rotatable bonds is 60. The summed E-state index contributed by atoms with van der Waals surface area (Å²) in [5.74, 6) is -5.21. The second-order valence-corrected chi connectivity index (χ2v) is 26.0. The standard InChI is InChI=1S/C66H120N6O15/c1-64(61(85)67-40-22-4-7-25-43-70(46-28-10-16-34-55(73)74)47-29-11-17-35-56(75)76)52-65(2,62(86)68-41-23-5-8-26-44-71(48-30-12-18-36-57(77)78)49-31-13-19-37-58(79)80)54-66(3,53-64)63(87)69-42-24-6-9-27-45-72(50-32-14-20-38-59(81)82)51-33-15-21-39-60(83)84/h4-54H2,1-3H3,(H,67,85)(H,68,86)(H,69,87)(H,73,74)(H,75,76)(H,77,78)(H,79,80)(H,81,82)(H,83,84). The number of unbranched alkanes of at least 4 members (excludes halogenated alkanes) is 21. The monoisotopic (exact) mass is 1240 g/mol. The quantitative estimate of drug-likeness (QED) is 0.0256. The van der Waals surface area contributed by atoms with E-state index < -0.39 is 52.1 Å². The fourth-order valence-electron chi connectivity index (χ4n) is 12.7. The molecule has 3 amide bonds. The van der Waals surface area contributed by atoms with Crippen molar-refractivity contribution in [3.63, 3.8) is 0 Å². The van der Waals surface area contributed by atoms with Crippen LogP contribution in [0.3, 0.4) is 0 Å². The SMILES string of the molecule is CC1(C(=O)NCCCCCCN(CCCCCC(=O)O)CCCCCC(=O)O)CC(C)(C(=O)NCCCCCCN(CCCCCC(=O)O)CCCCCC(=O)O)CC(C)(C(=O)NCCCCCCN(CCCCCC(=O)O)CCCCCC(=O)O)C1. The zero-order valence-electron chi connectivity index (χ0n) is 54.3. The van der Waals surface area contributed by atoms with E-state index in [2.05, 4.69) is 30.7 Å². The van der Waals surface area contributed by atoms with Crippen molar-refractivity contribution in [1.29, 1.82) is 0 Å². The van der Waals surface area contributed by atoms with Crippen LogP contribution in [0, 0.1) is 16.2 Å². The maximum atomic E-state index is 14.4. The van der Waals surface area contributed by atoms with Gasteiger partial charge in [-0.1, -0.05) is 97.8 Å². The predicted octanol–water partition coefficient (Wildman–Crippen LogP) is 11.0. The zero-order chi connectivity index (χ0) is 64.6. The first-order valence-electron chi connectivity index (χ1n) is 33.8. The summed E-state index contributed by atoms with van der Waals surface area (Å²) in [6.45, 7) is 14.9. The summed E-state index contributed by atoms with van der Waals surface area (Å²) in [6, 6.07) is 0. The molecule has 87 heavy (non-hydrogen) atoms. The second kappa shape index (κ2) is 49.0. The Morgan fingerprint density at radius 3 is 0.563 bits per heavy atom. The summed E-state index contributed by atoms with van der Waals surface area (Å²) in [4.78, 5) is 116. The van der Waals surface area contributed by atoms with Crippen molar-refractivity contribution < 1.29 is 73.8 Å². The van der Waals surface area contributed by atoms with Crippen LogP contribution in [-0.4, -0.2) is 177 Å². The summed E-state index contributed by atoms with van der Waals surface area (Å²) >= 11 is 0. The van der Waals surface area contributed by atoms with Gasteiger partial charge in [0.25, 0.3) is 0 Å². The molecule has 0 saturated heterocycles. The van der Waals surface area contributed by atoms with E-state index >= 15 is 0 Å². The molecule has 504 valence electrons. The summed E-state index contributed by atoms with van der Waals surface area (Å²) in [5, 5.41) is 63.8. The van der Waals surface area contributed by atoms with Crippen LogP contribution in [0.25, 0.3) is 0 Å². The van der Waals surface area contributed by atoms with E-state index in [1.54, 1.807) is 0 Å². The smallest absolute Gasteiger partial charge is 0.303 e. The Kier molecular flexibility index (Phi) is 45.1. The zero-order valence-corrected chi connectivity index (χ0v) is 54.3. The van der Waals surface area contributed by atoms with Gasteiger partial charge >= 0.3 is 35.8 Å². The van der Waals surface area contributed by atoms with Crippen LogP contribution in [0.5, 0.6) is 0 Å². The fourth-order valence-corrected chi connectivity index (χ4v) is 12.7. The van der Waals surface area contributed by atoms with E-state index in [1.165, 1.54) is 0 Å². The van der Waals surface area contributed by atoms with Gasteiger partial charge in [0.1, 0.15) is 0 Å². The maximum Gasteiger partial charge on any atom is 0.303 e. The maximum absolute atomic E-state index is 14.4. The van der Waals surface area contributed by atoms with Crippen LogP contribution in [0.1, 0.15) is 271 Å². The number of nitrogens with zero attached hydrogens (tertiary/aromatic N) is 3. The van der Waals surface area contributed by atoms with Crippen molar-refractivity contribution in [3.8, 4) is 0 Å². The molecule has 0 spiro atoms. The summed E-state index contributed by atoms with van der Waals surface area (Å²) in [6.07, 6.45) is 26.9. The van der Waals surface area contributed by atoms with Gasteiger partial charge in [0.15, 0.2) is 0 Å². The van der Waals surface area contributed by atoms with Crippen molar-refractivity contribution in [2.45, 2.75) is 271 Å². The Labute approximate surface area is 522 Å². The van der Waals surface area contributed by atoms with E-state index in [0.29, 0.717) is 58.2 Å². The summed E-state index contributed by atoms with van der Waals surface area (Å²) in [7, 11) is 0. The second-order valence-electron chi connectivity index (χ2n) is 26.0. The fraction of sp³-hybridized carbons (Fsp3) is 0.864. The van der Waals surface area contributed by atoms with E-state index in [1.807, 2.05) is 20.8 Å². The van der Waals surface area contributed by atoms with Gasteiger partial charge in [0.2, 0.25) is 17.7 Å². The van der Waals surface area contributed by atoms with E-state index in [4.69, 9.17) is 30.6 Å². The number of carbonyl (C=O) groups excluding carboxylic acids is 3. The Morgan fingerprint density at radius 1 is 0.253 bits per heavy atom. The van der Waals surface area contributed by atoms with Crippen molar-refractivity contribution >= 4 is 53.5 Å². The first-order chi connectivity index (χ1) is 41.5. The van der Waals surface area contributed by atoms with Gasteiger partial charge in [-0.2, -0.15) is 0 Å². The topological polar surface area (TPSA) is 321 Å². The molecule has 21 nitrogen and oxygen atoms in total. The third kappa shape index (κ3) is 42.6. The molecule has 0 atom stereocenters. The molecular formula is C66H120N6O15. The van der Waals surface area contributed by atoms with Crippen molar-refractivity contribution in [2.24, 2.45) is 16.2 Å². The number of carboxylic acid groups (broad SMARTS) is 6. The Bertz CT molecular complexity index is 1660. The lowest BCUT2D eigenvalue weighted by molar-refractivity contribution is -0.154. The number of amides is 3. The van der Waals surface area contributed by atoms with Gasteiger partial charge in [-0.25, -0.2) is 0 Å². The third-order valence-corrected chi connectivity index (χ3v) is 17.2. The highest BCUT2D eigenvalue weighted by atomic mass is 16.4. The van der Waals surface area contributed by atoms with Gasteiger partial charge in [-0.15, -0.1) is 0 Å². The van der Waals surface area contributed by atoms with Crippen LogP contribution < -0.4 is 16.0 Å². The lowest BCUT2D eigenvalue weighted by atomic mass is 9.53. The number of carboxylic acids is 6. The average molecular weight is 1240 g/mol. The number of nitrogens with one attached hydrogen (secondary N) is 3. The minimum atomic E-state index is -1.01. The first-order valence-corrected chi connectivity index (χ1v) is 33.8. The highest BCUT2D eigenvalue weighted by Gasteiger charge is 2.57. The van der Waals surface area contributed by atoms with E-state index in [0.717, 1.165) is 213 Å². The molecule has 0 aromatic heterocycles. The minimum absolute atomic E-state index is 0.164. The molecule has 0 aromatic carbocycles. The molecule has 1 aliphatic carbocycles. The van der Waals surface area contributed by atoms with E-state index in [-0.39, 0.29) is 75.5 Å². The Morgan fingerprint density at radius 2 is 0.402 bits per heavy atom. The number of carbonyl (C=O) groups is 9. The first kappa shape index (κ1) is 80.1. The molecule has 0 bridgehead atoms. The highest BCUT2D eigenvalue weighted by Crippen LogP contribution is 2.55. The van der Waals surface area contributed by atoms with Crippen molar-refractivity contribution in [1.82, 2.24) is 30.7 Å². The third-order valence-electron chi connectivity index (χ3n) is 17.2. The number of hydrogen-bond acceptors (Lipinski definition) is 12. The highest BCUT2D eigenvalue weighted by molar-refractivity contribution is 5.90. The molecule has 1 rings (SSSR count). The van der Waals surface area contributed by atoms with Gasteiger partial charge < -0.3 is 61.3 Å². The van der Waals surface area contributed by atoms with Gasteiger partial charge in [0, 0.05) is 74.4 Å². The van der Waals surface area contributed by atoms with Gasteiger partial charge in [0.05, 0.1) is 0 Å². The Hall–Kier alpha value is -4.89. The van der Waals surface area contributed by atoms with Gasteiger partial charge in [-0.05, 0) is 194 Å². The Balaban J connectivity index is 2.98. The van der Waals surface area contributed by atoms with Crippen LogP contribution >= 0.6 is 0 Å². The molecule has 0 unspecified atom stereocenters. The van der Waals surface area contributed by atoms with Crippen molar-refractivity contribution in [3.05, 3.63) is 0 Å². The molecule has 9 N–H and O–H groups in total. The lowest BCUT2D eigenvalue weighted by Crippen LogP contribution is -2.58. The minimum Gasteiger partial charge on any atom is -0.481 e. The molecule has 21 heteroatoms. The summed E-state index contributed by atoms with van der Waals surface area (Å²) < 4.78 is 0.